The summed E-state index contributed by atoms with van der Waals surface area (Å²) in [6.07, 6.45) is 3.37. The molecule has 0 radical (unpaired) electrons. The Morgan fingerprint density at radius 1 is 1.60 bits per heavy atom. The third kappa shape index (κ3) is 2.88. The van der Waals surface area contributed by atoms with E-state index in [1.165, 1.54) is 17.8 Å². The fourth-order valence-electron chi connectivity index (χ4n) is 1.54. The summed E-state index contributed by atoms with van der Waals surface area (Å²) in [5.74, 6) is -0.175. The van der Waals surface area contributed by atoms with E-state index in [-0.39, 0.29) is 17.1 Å². The second kappa shape index (κ2) is 5.61. The highest BCUT2D eigenvalue weighted by Crippen LogP contribution is 2.35. The molecule has 8 nitrogen and oxygen atoms in total. The maximum atomic E-state index is 11.1. The number of aromatic nitrogens is 2. The zero-order valence-corrected chi connectivity index (χ0v) is 11.2. The van der Waals surface area contributed by atoms with E-state index in [2.05, 4.69) is 10.3 Å². The summed E-state index contributed by atoms with van der Waals surface area (Å²) in [5, 5.41) is 26.5. The molecule has 0 saturated carbocycles. The van der Waals surface area contributed by atoms with Crippen LogP contribution in [-0.4, -0.2) is 25.7 Å². The van der Waals surface area contributed by atoms with Gasteiger partial charge in [0.15, 0.2) is 5.84 Å². The number of amidine groups is 1. The predicted molar refractivity (Wildman–Crippen MR) is 72.9 cm³/mol. The van der Waals surface area contributed by atoms with Crippen molar-refractivity contribution < 1.29 is 10.1 Å². The van der Waals surface area contributed by atoms with E-state index >= 15 is 0 Å². The molecule has 0 amide bonds. The van der Waals surface area contributed by atoms with E-state index in [0.717, 1.165) is 4.90 Å². The minimum Gasteiger partial charge on any atom is -0.409 e. The third-order valence-electron chi connectivity index (χ3n) is 2.47. The topological polar surface area (TPSA) is 120 Å². The van der Waals surface area contributed by atoms with Crippen LogP contribution in [0, 0.1) is 10.1 Å². The van der Waals surface area contributed by atoms with E-state index in [4.69, 9.17) is 10.9 Å². The molecule has 0 unspecified atom stereocenters. The molecule has 0 fully saturated rings. The number of nitro benzene ring substituents is 1. The van der Waals surface area contributed by atoms with Crippen LogP contribution in [0.5, 0.6) is 0 Å². The molecule has 1 aromatic heterocycles. The van der Waals surface area contributed by atoms with Crippen molar-refractivity contribution in [2.24, 2.45) is 17.9 Å². The summed E-state index contributed by atoms with van der Waals surface area (Å²) in [4.78, 5) is 11.8. The van der Waals surface area contributed by atoms with Crippen molar-refractivity contribution in [2.75, 3.05) is 0 Å². The summed E-state index contributed by atoms with van der Waals surface area (Å²) < 4.78 is 1.61. The summed E-state index contributed by atoms with van der Waals surface area (Å²) in [7, 11) is 1.76. The molecule has 0 spiro atoms. The van der Waals surface area contributed by atoms with Crippen LogP contribution in [0.3, 0.4) is 0 Å². The fraction of sp³-hybridized carbons (Fsp3) is 0.0909. The van der Waals surface area contributed by atoms with Crippen LogP contribution in [0.4, 0.5) is 5.69 Å². The van der Waals surface area contributed by atoms with Gasteiger partial charge >= 0.3 is 0 Å². The van der Waals surface area contributed by atoms with E-state index in [9.17, 15) is 10.1 Å². The van der Waals surface area contributed by atoms with Gasteiger partial charge in [-0.25, -0.2) is 0 Å². The number of nitrogens with two attached hydrogens (primary N) is 1. The molecular formula is C11H11N5O3S. The smallest absolute Gasteiger partial charge is 0.283 e. The van der Waals surface area contributed by atoms with Crippen molar-refractivity contribution in [2.45, 2.75) is 9.79 Å². The first-order valence-electron chi connectivity index (χ1n) is 5.44. The van der Waals surface area contributed by atoms with Crippen molar-refractivity contribution in [1.29, 1.82) is 0 Å². The van der Waals surface area contributed by atoms with Gasteiger partial charge in [-0.15, -0.1) is 0 Å². The Bertz CT molecular complexity index is 682. The Morgan fingerprint density at radius 2 is 2.35 bits per heavy atom. The first-order chi connectivity index (χ1) is 9.51. The molecule has 2 aromatic rings. The lowest BCUT2D eigenvalue weighted by molar-refractivity contribution is -0.387. The fourth-order valence-corrected chi connectivity index (χ4v) is 2.48. The van der Waals surface area contributed by atoms with Crippen molar-refractivity contribution in [3.05, 3.63) is 46.3 Å². The van der Waals surface area contributed by atoms with E-state index in [0.29, 0.717) is 4.90 Å². The summed E-state index contributed by atoms with van der Waals surface area (Å²) >= 11 is 1.22. The standard InChI is InChI=1S/C11H11N5O3S/c1-15-6-8(5-13-15)20-10-3-2-7(11(12)14-17)4-9(10)16(18)19/h2-6,17H,1H3,(H2,12,14). The van der Waals surface area contributed by atoms with E-state index in [1.807, 2.05) is 0 Å². The number of oxime groups is 1. The Balaban J connectivity index is 2.40. The molecule has 0 aliphatic carbocycles. The lowest BCUT2D eigenvalue weighted by atomic mass is 10.2. The number of rotatable bonds is 4. The Kier molecular flexibility index (Phi) is 3.89. The lowest BCUT2D eigenvalue weighted by Crippen LogP contribution is -2.13. The third-order valence-corrected chi connectivity index (χ3v) is 3.48. The maximum absolute atomic E-state index is 11.1. The van der Waals surface area contributed by atoms with Crippen LogP contribution in [0.15, 0.2) is 45.5 Å². The van der Waals surface area contributed by atoms with Crippen molar-refractivity contribution in [1.82, 2.24) is 9.78 Å². The molecule has 3 N–H and O–H groups in total. The highest BCUT2D eigenvalue weighted by Gasteiger charge is 2.17. The Hall–Kier alpha value is -2.55. The first-order valence-corrected chi connectivity index (χ1v) is 6.25. The van der Waals surface area contributed by atoms with E-state index in [1.54, 1.807) is 36.3 Å². The molecule has 20 heavy (non-hydrogen) atoms. The minimum absolute atomic E-state index is 0.108. The predicted octanol–water partition coefficient (Wildman–Crippen LogP) is 1.57. The van der Waals surface area contributed by atoms with Gasteiger partial charge in [0.05, 0.1) is 20.9 Å². The largest absolute Gasteiger partial charge is 0.409 e. The van der Waals surface area contributed by atoms with E-state index < -0.39 is 4.92 Å². The zero-order chi connectivity index (χ0) is 14.7. The van der Waals surface area contributed by atoms with Crippen molar-refractivity contribution >= 4 is 23.3 Å². The van der Waals surface area contributed by atoms with Crippen LogP contribution in [0.2, 0.25) is 0 Å². The van der Waals surface area contributed by atoms with Crippen LogP contribution in [0.25, 0.3) is 0 Å². The van der Waals surface area contributed by atoms with Gasteiger partial charge in [0.1, 0.15) is 0 Å². The molecule has 9 heteroatoms. The van der Waals surface area contributed by atoms with Gasteiger partial charge in [-0.2, -0.15) is 5.10 Å². The maximum Gasteiger partial charge on any atom is 0.283 e. The quantitative estimate of drug-likeness (QED) is 0.290. The van der Waals surface area contributed by atoms with Crippen LogP contribution in [0.1, 0.15) is 5.56 Å². The molecule has 0 atom stereocenters. The number of benzene rings is 1. The monoisotopic (exact) mass is 293 g/mol. The number of hydrogen-bond donors (Lipinski definition) is 2. The SMILES string of the molecule is Cn1cc(Sc2ccc(C(N)=NO)cc2[N+](=O)[O-])cn1. The molecule has 2 rings (SSSR count). The molecular weight excluding hydrogens is 282 g/mol. The number of hydrogen-bond acceptors (Lipinski definition) is 6. The van der Waals surface area contributed by atoms with Crippen molar-refractivity contribution in [3.63, 3.8) is 0 Å². The van der Waals surface area contributed by atoms with Crippen LogP contribution >= 0.6 is 11.8 Å². The normalized spacial score (nSPS) is 11.6. The van der Waals surface area contributed by atoms with Gasteiger partial charge < -0.3 is 10.9 Å². The van der Waals surface area contributed by atoms with Crippen LogP contribution < -0.4 is 5.73 Å². The highest BCUT2D eigenvalue weighted by atomic mass is 32.2. The molecule has 0 aliphatic heterocycles. The second-order valence-electron chi connectivity index (χ2n) is 3.88. The van der Waals surface area contributed by atoms with Gasteiger partial charge in [-0.1, -0.05) is 16.9 Å². The van der Waals surface area contributed by atoms with Crippen LogP contribution in [-0.2, 0) is 7.05 Å². The van der Waals surface area contributed by atoms with Gasteiger partial charge in [-0.3, -0.25) is 14.8 Å². The molecule has 104 valence electrons. The Labute approximate surface area is 118 Å². The van der Waals surface area contributed by atoms with Gasteiger partial charge in [-0.05, 0) is 12.1 Å². The van der Waals surface area contributed by atoms with Gasteiger partial charge in [0.25, 0.3) is 5.69 Å². The molecule has 0 aliphatic rings. The number of aryl methyl sites for hydroxylation is 1. The second-order valence-corrected chi connectivity index (χ2v) is 4.99. The molecule has 1 aromatic carbocycles. The Morgan fingerprint density at radius 3 is 2.90 bits per heavy atom. The molecule has 0 bridgehead atoms. The minimum atomic E-state index is -0.507. The highest BCUT2D eigenvalue weighted by molar-refractivity contribution is 7.99. The average molecular weight is 293 g/mol. The molecule has 0 saturated heterocycles. The zero-order valence-electron chi connectivity index (χ0n) is 10.4. The van der Waals surface area contributed by atoms with Gasteiger partial charge in [0, 0.05) is 24.9 Å². The number of nitro groups is 1. The summed E-state index contributed by atoms with van der Waals surface area (Å²) in [6.45, 7) is 0. The first kappa shape index (κ1) is 13.9. The lowest BCUT2D eigenvalue weighted by Gasteiger charge is -2.03. The van der Waals surface area contributed by atoms with Crippen molar-refractivity contribution in [3.8, 4) is 0 Å². The van der Waals surface area contributed by atoms with Gasteiger partial charge in [0.2, 0.25) is 0 Å². The summed E-state index contributed by atoms with van der Waals surface area (Å²) in [6, 6.07) is 4.39. The summed E-state index contributed by atoms with van der Waals surface area (Å²) in [5.41, 5.74) is 5.60. The average Bonchev–Trinajstić information content (AvgIpc) is 2.83. The molecule has 1 heterocycles. The number of nitrogens with zero attached hydrogens (tertiary/aromatic N) is 4.